The van der Waals surface area contributed by atoms with Crippen LogP contribution in [-0.4, -0.2) is 45.1 Å². The molecule has 1 amide bonds. The predicted molar refractivity (Wildman–Crippen MR) is 105 cm³/mol. The number of amides is 1. The molecule has 0 radical (unpaired) electrons. The summed E-state index contributed by atoms with van der Waals surface area (Å²) in [6, 6.07) is 10.9. The lowest BCUT2D eigenvalue weighted by atomic mass is 10.1. The summed E-state index contributed by atoms with van der Waals surface area (Å²) >= 11 is 1.69. The maximum absolute atomic E-state index is 12.7. The highest BCUT2D eigenvalue weighted by atomic mass is 32.2. The van der Waals surface area contributed by atoms with Gasteiger partial charge in [0.15, 0.2) is 0 Å². The normalized spacial score (nSPS) is 16.3. The number of nitrogens with one attached hydrogen (secondary N) is 2. The van der Waals surface area contributed by atoms with E-state index in [0.717, 1.165) is 19.3 Å². The second kappa shape index (κ2) is 8.20. The van der Waals surface area contributed by atoms with Crippen molar-refractivity contribution < 1.29 is 13.2 Å². The van der Waals surface area contributed by atoms with E-state index in [4.69, 9.17) is 0 Å². The number of rotatable bonds is 7. The average molecular weight is 394 g/mol. The van der Waals surface area contributed by atoms with E-state index in [1.165, 1.54) is 17.7 Å². The molecular weight excluding hydrogens is 370 g/mol. The largest absolute Gasteiger partial charge is 0.350 e. The van der Waals surface area contributed by atoms with E-state index in [1.54, 1.807) is 35.6 Å². The molecule has 8 heteroatoms. The molecule has 6 nitrogen and oxygen atoms in total. The number of nitrogens with zero attached hydrogens (tertiary/aromatic N) is 1. The third-order valence-corrected chi connectivity index (χ3v) is 5.94. The van der Waals surface area contributed by atoms with Crippen molar-refractivity contribution in [3.63, 3.8) is 0 Å². The van der Waals surface area contributed by atoms with Gasteiger partial charge in [-0.2, -0.15) is 0 Å². The Hall–Kier alpha value is -1.90. The van der Waals surface area contributed by atoms with Gasteiger partial charge in [0.05, 0.1) is 23.5 Å². The molecule has 2 N–H and O–H groups in total. The molecule has 1 atom stereocenters. The van der Waals surface area contributed by atoms with E-state index < -0.39 is 10.0 Å². The summed E-state index contributed by atoms with van der Waals surface area (Å²) < 4.78 is 25.4. The Bertz CT molecular complexity index is 844. The lowest BCUT2D eigenvalue weighted by Crippen LogP contribution is -2.36. The molecule has 26 heavy (non-hydrogen) atoms. The minimum absolute atomic E-state index is 0.150. The monoisotopic (exact) mass is 393 g/mol. The maximum Gasteiger partial charge on any atom is 0.253 e. The first kappa shape index (κ1) is 18.9. The van der Waals surface area contributed by atoms with Crippen LogP contribution < -0.4 is 10.0 Å². The first-order chi connectivity index (χ1) is 12.4. The van der Waals surface area contributed by atoms with E-state index in [1.807, 2.05) is 11.4 Å². The summed E-state index contributed by atoms with van der Waals surface area (Å²) in [5, 5.41) is 5.03. The van der Waals surface area contributed by atoms with Crippen LogP contribution in [0.25, 0.3) is 0 Å². The molecule has 1 saturated heterocycles. The quantitative estimate of drug-likeness (QED) is 0.758. The number of hydrogen-bond acceptors (Lipinski definition) is 5. The molecule has 0 aliphatic carbocycles. The van der Waals surface area contributed by atoms with Gasteiger partial charge < -0.3 is 5.32 Å². The van der Waals surface area contributed by atoms with Gasteiger partial charge in [-0.25, -0.2) is 8.42 Å². The minimum Gasteiger partial charge on any atom is -0.350 e. The van der Waals surface area contributed by atoms with Crippen LogP contribution in [0.2, 0.25) is 0 Å². The van der Waals surface area contributed by atoms with Crippen LogP contribution in [0.5, 0.6) is 0 Å². The van der Waals surface area contributed by atoms with Crippen LogP contribution in [0, 0.1) is 0 Å². The molecule has 2 heterocycles. The Morgan fingerprint density at radius 1 is 1.19 bits per heavy atom. The number of hydrogen-bond donors (Lipinski definition) is 2. The van der Waals surface area contributed by atoms with Gasteiger partial charge in [-0.15, -0.1) is 11.3 Å². The summed E-state index contributed by atoms with van der Waals surface area (Å²) in [6.07, 6.45) is 3.43. The first-order valence-corrected chi connectivity index (χ1v) is 11.3. The van der Waals surface area contributed by atoms with E-state index in [0.29, 0.717) is 17.8 Å². The lowest BCUT2D eigenvalue weighted by molar-refractivity contribution is 0.0939. The van der Waals surface area contributed by atoms with Crippen LogP contribution >= 0.6 is 11.3 Å². The van der Waals surface area contributed by atoms with Crippen molar-refractivity contribution in [2.75, 3.05) is 30.6 Å². The molecule has 1 aliphatic heterocycles. The molecule has 1 aromatic carbocycles. The third-order valence-electron chi connectivity index (χ3n) is 4.38. The number of anilines is 1. The number of sulfonamides is 1. The van der Waals surface area contributed by atoms with Crippen molar-refractivity contribution in [1.82, 2.24) is 10.2 Å². The highest BCUT2D eigenvalue weighted by Crippen LogP contribution is 2.28. The van der Waals surface area contributed by atoms with Crippen LogP contribution in [0.3, 0.4) is 0 Å². The summed E-state index contributed by atoms with van der Waals surface area (Å²) in [5.41, 5.74) is 0.616. The molecule has 0 saturated carbocycles. The van der Waals surface area contributed by atoms with Gasteiger partial charge >= 0.3 is 0 Å². The fourth-order valence-electron chi connectivity index (χ4n) is 3.20. The summed E-state index contributed by atoms with van der Waals surface area (Å²) in [7, 11) is -3.45. The number of para-hydroxylation sites is 1. The second-order valence-corrected chi connectivity index (χ2v) is 9.13. The fraction of sp³-hybridized carbons (Fsp3) is 0.389. The maximum atomic E-state index is 12.7. The highest BCUT2D eigenvalue weighted by molar-refractivity contribution is 7.92. The zero-order chi connectivity index (χ0) is 18.6. The second-order valence-electron chi connectivity index (χ2n) is 6.40. The van der Waals surface area contributed by atoms with Gasteiger partial charge in [0.2, 0.25) is 10.0 Å². The van der Waals surface area contributed by atoms with Gasteiger partial charge in [0, 0.05) is 11.4 Å². The molecule has 1 aromatic heterocycles. The third kappa shape index (κ3) is 4.84. The number of carbonyl (C=O) groups is 1. The van der Waals surface area contributed by atoms with E-state index in [9.17, 15) is 13.2 Å². The van der Waals surface area contributed by atoms with E-state index >= 15 is 0 Å². The smallest absolute Gasteiger partial charge is 0.253 e. The minimum atomic E-state index is -3.45. The van der Waals surface area contributed by atoms with Gasteiger partial charge in [-0.1, -0.05) is 18.2 Å². The molecule has 1 unspecified atom stereocenters. The molecule has 3 rings (SSSR count). The Kier molecular flexibility index (Phi) is 5.95. The van der Waals surface area contributed by atoms with Crippen molar-refractivity contribution in [2.45, 2.75) is 18.9 Å². The summed E-state index contributed by atoms with van der Waals surface area (Å²) in [6.45, 7) is 2.56. The molecule has 0 spiro atoms. The number of likely N-dealkylation sites (tertiary alicyclic amines) is 1. The van der Waals surface area contributed by atoms with E-state index in [-0.39, 0.29) is 11.9 Å². The number of thiophene rings is 1. The van der Waals surface area contributed by atoms with Crippen molar-refractivity contribution in [1.29, 1.82) is 0 Å². The lowest BCUT2D eigenvalue weighted by Gasteiger charge is -2.27. The highest BCUT2D eigenvalue weighted by Gasteiger charge is 2.25. The Morgan fingerprint density at radius 3 is 2.58 bits per heavy atom. The first-order valence-electron chi connectivity index (χ1n) is 8.56. The molecular formula is C18H23N3O3S2. The topological polar surface area (TPSA) is 78.5 Å². The molecule has 1 fully saturated rings. The molecule has 2 aromatic rings. The Morgan fingerprint density at radius 2 is 1.92 bits per heavy atom. The van der Waals surface area contributed by atoms with Gasteiger partial charge in [-0.3, -0.25) is 14.4 Å². The van der Waals surface area contributed by atoms with Crippen LogP contribution in [0.15, 0.2) is 41.8 Å². The molecule has 1 aliphatic rings. The Balaban J connectivity index is 1.73. The van der Waals surface area contributed by atoms with Crippen molar-refractivity contribution in [3.05, 3.63) is 52.2 Å². The zero-order valence-electron chi connectivity index (χ0n) is 14.6. The standard InChI is InChI=1S/C18H23N3O3S2/c1-26(23,24)20-15-8-3-2-7-14(15)18(22)19-13-16(17-9-6-12-25-17)21-10-4-5-11-21/h2-3,6-9,12,16,20H,4-5,10-11,13H2,1H3,(H,19,22). The summed E-state index contributed by atoms with van der Waals surface area (Å²) in [4.78, 5) is 16.3. The van der Waals surface area contributed by atoms with Crippen LogP contribution in [-0.2, 0) is 10.0 Å². The SMILES string of the molecule is CS(=O)(=O)Nc1ccccc1C(=O)NCC(c1cccs1)N1CCCC1. The molecule has 0 bridgehead atoms. The number of benzene rings is 1. The van der Waals surface area contributed by atoms with Crippen LogP contribution in [0.4, 0.5) is 5.69 Å². The fourth-order valence-corrected chi connectivity index (χ4v) is 4.64. The summed E-state index contributed by atoms with van der Waals surface area (Å²) in [5.74, 6) is -0.280. The van der Waals surface area contributed by atoms with Crippen molar-refractivity contribution >= 4 is 33.0 Å². The van der Waals surface area contributed by atoms with Gasteiger partial charge in [0.1, 0.15) is 0 Å². The molecule has 140 valence electrons. The van der Waals surface area contributed by atoms with Gasteiger partial charge in [0.25, 0.3) is 5.91 Å². The Labute approximate surface area is 158 Å². The zero-order valence-corrected chi connectivity index (χ0v) is 16.3. The van der Waals surface area contributed by atoms with Gasteiger partial charge in [-0.05, 0) is 49.5 Å². The number of carbonyl (C=O) groups excluding carboxylic acids is 1. The van der Waals surface area contributed by atoms with E-state index in [2.05, 4.69) is 21.0 Å². The van der Waals surface area contributed by atoms with Crippen LogP contribution in [0.1, 0.15) is 34.1 Å². The van der Waals surface area contributed by atoms with Crippen molar-refractivity contribution in [3.8, 4) is 0 Å². The predicted octanol–water partition coefficient (Wildman–Crippen LogP) is 2.69. The van der Waals surface area contributed by atoms with Crippen molar-refractivity contribution in [2.24, 2.45) is 0 Å². The average Bonchev–Trinajstić information content (AvgIpc) is 3.28.